The Labute approximate surface area is 123 Å². The highest BCUT2D eigenvalue weighted by Gasteiger charge is 2.27. The van der Waals surface area contributed by atoms with Crippen LogP contribution in [0.3, 0.4) is 0 Å². The Morgan fingerprint density at radius 2 is 1.89 bits per heavy atom. The van der Waals surface area contributed by atoms with Crippen LogP contribution in [0, 0.1) is 0 Å². The van der Waals surface area contributed by atoms with Crippen molar-refractivity contribution in [3.8, 4) is 0 Å². The first kappa shape index (κ1) is 14.2. The normalized spacial score (nSPS) is 25.5. The second-order valence-electron chi connectivity index (χ2n) is 5.19. The Morgan fingerprint density at radius 3 is 2.39 bits per heavy atom. The van der Waals surface area contributed by atoms with Gasteiger partial charge in [0.1, 0.15) is 0 Å². The van der Waals surface area contributed by atoms with Gasteiger partial charge in [-0.2, -0.15) is 0 Å². The summed E-state index contributed by atoms with van der Waals surface area (Å²) in [6.45, 7) is 6.70. The summed E-state index contributed by atoms with van der Waals surface area (Å²) in [5, 5.41) is 0. The van der Waals surface area contributed by atoms with Crippen molar-refractivity contribution < 1.29 is 0 Å². The molecule has 0 saturated carbocycles. The van der Waals surface area contributed by atoms with Gasteiger partial charge >= 0.3 is 0 Å². The lowest BCUT2D eigenvalue weighted by Crippen LogP contribution is -2.55. The second kappa shape index (κ2) is 5.81. The highest BCUT2D eigenvalue weighted by atomic mass is 79.9. The lowest BCUT2D eigenvalue weighted by Gasteiger charge is -2.43. The molecule has 0 aliphatic carbocycles. The summed E-state index contributed by atoms with van der Waals surface area (Å²) in [5.74, 6) is 0.564. The fourth-order valence-corrected chi connectivity index (χ4v) is 3.33. The van der Waals surface area contributed by atoms with Crippen molar-refractivity contribution in [1.82, 2.24) is 4.90 Å². The zero-order chi connectivity index (χ0) is 13.3. The van der Waals surface area contributed by atoms with Gasteiger partial charge in [0.2, 0.25) is 0 Å². The van der Waals surface area contributed by atoms with E-state index in [1.54, 1.807) is 0 Å². The lowest BCUT2D eigenvalue weighted by atomic mass is 10.1. The molecule has 0 N–H and O–H groups in total. The number of halogens is 2. The van der Waals surface area contributed by atoms with Gasteiger partial charge in [-0.05, 0) is 54.5 Å². The summed E-state index contributed by atoms with van der Waals surface area (Å²) >= 11 is 9.53. The van der Waals surface area contributed by atoms with Crippen LogP contribution < -0.4 is 4.90 Å². The number of likely N-dealkylation sites (N-methyl/N-ethyl adjacent to an activating group) is 1. The van der Waals surface area contributed by atoms with Crippen LogP contribution in [0.25, 0.3) is 0 Å². The first-order valence-corrected chi connectivity index (χ1v) is 7.67. The molecule has 0 radical (unpaired) electrons. The zero-order valence-electron chi connectivity index (χ0n) is 11.2. The lowest BCUT2D eigenvalue weighted by molar-refractivity contribution is 0.170. The monoisotopic (exact) mass is 330 g/mol. The molecule has 100 valence electrons. The quantitative estimate of drug-likeness (QED) is 0.762. The molecule has 0 aromatic heterocycles. The van der Waals surface area contributed by atoms with E-state index in [-0.39, 0.29) is 0 Å². The SMILES string of the molecule is CC1CN(c2ccc(CCl)cc2Br)CC(C)N1C. The third kappa shape index (κ3) is 2.84. The maximum atomic E-state index is 5.86. The topological polar surface area (TPSA) is 6.48 Å². The number of nitrogens with zero attached hydrogens (tertiary/aromatic N) is 2. The van der Waals surface area contributed by atoms with Crippen molar-refractivity contribution in [2.45, 2.75) is 31.8 Å². The summed E-state index contributed by atoms with van der Waals surface area (Å²) in [4.78, 5) is 4.90. The molecule has 2 atom stereocenters. The van der Waals surface area contributed by atoms with Gasteiger partial charge in [-0.15, -0.1) is 11.6 Å². The van der Waals surface area contributed by atoms with Gasteiger partial charge in [0, 0.05) is 35.5 Å². The third-order valence-corrected chi connectivity index (χ3v) is 4.81. The molecule has 1 fully saturated rings. The molecule has 0 amide bonds. The number of benzene rings is 1. The Kier molecular flexibility index (Phi) is 4.57. The van der Waals surface area contributed by atoms with Gasteiger partial charge in [0.15, 0.2) is 0 Å². The van der Waals surface area contributed by atoms with Gasteiger partial charge in [-0.25, -0.2) is 0 Å². The zero-order valence-corrected chi connectivity index (χ0v) is 13.5. The Balaban J connectivity index is 2.21. The predicted octanol–water partition coefficient (Wildman–Crippen LogP) is 3.72. The van der Waals surface area contributed by atoms with Crippen molar-refractivity contribution in [3.63, 3.8) is 0 Å². The van der Waals surface area contributed by atoms with E-state index in [4.69, 9.17) is 11.6 Å². The minimum Gasteiger partial charge on any atom is -0.368 e. The molecule has 0 spiro atoms. The fourth-order valence-electron chi connectivity index (χ4n) is 2.49. The van der Waals surface area contributed by atoms with Crippen LogP contribution in [0.2, 0.25) is 0 Å². The molecule has 1 saturated heterocycles. The molecule has 1 heterocycles. The standard InChI is InChI=1S/C14H20BrClN2/c1-10-8-18(9-11(2)17(10)3)14-5-4-12(7-16)6-13(14)15/h4-6,10-11H,7-9H2,1-3H3. The summed E-state index contributed by atoms with van der Waals surface area (Å²) in [6, 6.07) is 7.56. The predicted molar refractivity (Wildman–Crippen MR) is 82.6 cm³/mol. The maximum Gasteiger partial charge on any atom is 0.0511 e. The number of hydrogen-bond donors (Lipinski definition) is 0. The molecule has 2 unspecified atom stereocenters. The largest absolute Gasteiger partial charge is 0.368 e. The van der Waals surface area contributed by atoms with Gasteiger partial charge in [-0.3, -0.25) is 4.90 Å². The highest BCUT2D eigenvalue weighted by molar-refractivity contribution is 9.10. The van der Waals surface area contributed by atoms with Crippen LogP contribution in [0.5, 0.6) is 0 Å². The number of alkyl halides is 1. The summed E-state index contributed by atoms with van der Waals surface area (Å²) in [7, 11) is 2.21. The molecular weight excluding hydrogens is 312 g/mol. The molecule has 1 aliphatic heterocycles. The molecule has 18 heavy (non-hydrogen) atoms. The fraction of sp³-hybridized carbons (Fsp3) is 0.571. The smallest absolute Gasteiger partial charge is 0.0511 e. The van der Waals surface area contributed by atoms with E-state index in [2.05, 4.69) is 64.8 Å². The van der Waals surface area contributed by atoms with E-state index >= 15 is 0 Å². The maximum absolute atomic E-state index is 5.86. The summed E-state index contributed by atoms with van der Waals surface area (Å²) in [6.07, 6.45) is 0. The molecule has 1 aromatic carbocycles. The van der Waals surface area contributed by atoms with Crippen LogP contribution >= 0.6 is 27.5 Å². The molecule has 2 rings (SSSR count). The van der Waals surface area contributed by atoms with Crippen LogP contribution in [0.15, 0.2) is 22.7 Å². The van der Waals surface area contributed by atoms with Crippen molar-refractivity contribution in [2.24, 2.45) is 0 Å². The van der Waals surface area contributed by atoms with E-state index < -0.39 is 0 Å². The van der Waals surface area contributed by atoms with Gasteiger partial charge in [-0.1, -0.05) is 6.07 Å². The summed E-state index contributed by atoms with van der Waals surface area (Å²) < 4.78 is 1.14. The van der Waals surface area contributed by atoms with Crippen LogP contribution in [0.4, 0.5) is 5.69 Å². The van der Waals surface area contributed by atoms with E-state index in [1.807, 2.05) is 0 Å². The second-order valence-corrected chi connectivity index (χ2v) is 6.31. The Hall–Kier alpha value is -0.250. The molecule has 1 aliphatic rings. The number of anilines is 1. The minimum absolute atomic E-state index is 0.564. The van der Waals surface area contributed by atoms with Crippen molar-refractivity contribution in [2.75, 3.05) is 25.0 Å². The Morgan fingerprint density at radius 1 is 1.28 bits per heavy atom. The van der Waals surface area contributed by atoms with Crippen molar-refractivity contribution in [1.29, 1.82) is 0 Å². The van der Waals surface area contributed by atoms with E-state index in [0.717, 1.165) is 23.1 Å². The van der Waals surface area contributed by atoms with Crippen LogP contribution in [-0.4, -0.2) is 37.1 Å². The number of rotatable bonds is 2. The van der Waals surface area contributed by atoms with Crippen LogP contribution in [0.1, 0.15) is 19.4 Å². The highest BCUT2D eigenvalue weighted by Crippen LogP contribution is 2.30. The van der Waals surface area contributed by atoms with E-state index in [9.17, 15) is 0 Å². The number of piperazine rings is 1. The average Bonchev–Trinajstić information content (AvgIpc) is 2.35. The summed E-state index contributed by atoms with van der Waals surface area (Å²) in [5.41, 5.74) is 2.43. The molecular formula is C14H20BrClN2. The van der Waals surface area contributed by atoms with Gasteiger partial charge in [0.25, 0.3) is 0 Å². The molecule has 0 bridgehead atoms. The third-order valence-electron chi connectivity index (χ3n) is 3.87. The molecule has 1 aromatic rings. The van der Waals surface area contributed by atoms with Crippen molar-refractivity contribution in [3.05, 3.63) is 28.2 Å². The van der Waals surface area contributed by atoms with Gasteiger partial charge < -0.3 is 4.90 Å². The number of hydrogen-bond acceptors (Lipinski definition) is 2. The van der Waals surface area contributed by atoms with E-state index in [0.29, 0.717) is 18.0 Å². The van der Waals surface area contributed by atoms with Crippen LogP contribution in [-0.2, 0) is 5.88 Å². The van der Waals surface area contributed by atoms with E-state index in [1.165, 1.54) is 5.69 Å². The first-order chi connectivity index (χ1) is 8.52. The Bertz CT molecular complexity index is 412. The molecule has 4 heteroatoms. The van der Waals surface area contributed by atoms with Crippen molar-refractivity contribution >= 4 is 33.2 Å². The molecule has 2 nitrogen and oxygen atoms in total. The first-order valence-electron chi connectivity index (χ1n) is 6.34. The average molecular weight is 332 g/mol. The van der Waals surface area contributed by atoms with Gasteiger partial charge in [0.05, 0.1) is 5.69 Å². The minimum atomic E-state index is 0.564.